The minimum atomic E-state index is -0.619. The van der Waals surface area contributed by atoms with Crippen LogP contribution in [0.3, 0.4) is 0 Å². The van der Waals surface area contributed by atoms with Gasteiger partial charge in [-0.2, -0.15) is 5.10 Å². The Balaban J connectivity index is 2.28. The average Bonchev–Trinajstić information content (AvgIpc) is 2.96. The minimum absolute atomic E-state index is 0.0700. The van der Waals surface area contributed by atoms with E-state index in [0.717, 1.165) is 0 Å². The fourth-order valence-corrected chi connectivity index (χ4v) is 3.11. The normalized spacial score (nSPS) is 17.1. The standard InChI is InChI=1S/C14H12Cl2N4O2/c1-2-10-13(20(21)22)11(8-6-17-19-14(8)18-10)7-4-3-5-9(15)12(7)16/h3-6,11H,2H2,1H3,(H2,17,18,19). The molecule has 6 nitrogen and oxygen atoms in total. The van der Waals surface area contributed by atoms with Gasteiger partial charge in [0.25, 0.3) is 5.70 Å². The van der Waals surface area contributed by atoms with Gasteiger partial charge in [0.1, 0.15) is 11.7 Å². The predicted octanol–water partition coefficient (Wildman–Crippen LogP) is 4.17. The number of rotatable bonds is 3. The molecular formula is C14H12Cl2N4O2. The van der Waals surface area contributed by atoms with Gasteiger partial charge in [-0.25, -0.2) is 0 Å². The van der Waals surface area contributed by atoms with Crippen LogP contribution >= 0.6 is 23.2 Å². The molecule has 2 N–H and O–H groups in total. The van der Waals surface area contributed by atoms with Crippen LogP contribution < -0.4 is 5.32 Å². The highest BCUT2D eigenvalue weighted by Crippen LogP contribution is 2.44. The number of fused-ring (bicyclic) bond motifs is 1. The first-order chi connectivity index (χ1) is 10.5. The molecule has 2 aromatic rings. The van der Waals surface area contributed by atoms with Crippen LogP contribution in [0, 0.1) is 10.1 Å². The molecule has 114 valence electrons. The number of hydrogen-bond acceptors (Lipinski definition) is 4. The van der Waals surface area contributed by atoms with Crippen LogP contribution in [-0.4, -0.2) is 15.1 Å². The largest absolute Gasteiger partial charge is 0.338 e. The predicted molar refractivity (Wildman–Crippen MR) is 84.8 cm³/mol. The third-order valence-corrected chi connectivity index (χ3v) is 4.51. The van der Waals surface area contributed by atoms with E-state index in [9.17, 15) is 10.1 Å². The Labute approximate surface area is 136 Å². The quantitative estimate of drug-likeness (QED) is 0.649. The van der Waals surface area contributed by atoms with Gasteiger partial charge in [-0.05, 0) is 18.1 Å². The van der Waals surface area contributed by atoms with Gasteiger partial charge in [-0.3, -0.25) is 15.2 Å². The molecule has 1 aliphatic rings. The van der Waals surface area contributed by atoms with Gasteiger partial charge in [0, 0.05) is 5.56 Å². The van der Waals surface area contributed by atoms with Crippen molar-refractivity contribution in [3.05, 3.63) is 67.1 Å². The molecule has 0 aliphatic carbocycles. The lowest BCUT2D eigenvalue weighted by atomic mass is 9.86. The van der Waals surface area contributed by atoms with Crippen molar-refractivity contribution < 1.29 is 4.92 Å². The van der Waals surface area contributed by atoms with Crippen molar-refractivity contribution in [1.29, 1.82) is 0 Å². The lowest BCUT2D eigenvalue weighted by molar-refractivity contribution is -0.430. The number of hydrogen-bond donors (Lipinski definition) is 2. The summed E-state index contributed by atoms with van der Waals surface area (Å²) in [7, 11) is 0. The average molecular weight is 339 g/mol. The lowest BCUT2D eigenvalue weighted by Crippen LogP contribution is -2.23. The summed E-state index contributed by atoms with van der Waals surface area (Å²) in [5, 5.41) is 22.2. The van der Waals surface area contributed by atoms with Crippen molar-refractivity contribution in [1.82, 2.24) is 10.2 Å². The minimum Gasteiger partial charge on any atom is -0.338 e. The molecule has 22 heavy (non-hydrogen) atoms. The highest BCUT2D eigenvalue weighted by atomic mass is 35.5. The third kappa shape index (κ3) is 2.24. The zero-order chi connectivity index (χ0) is 15.9. The first-order valence-corrected chi connectivity index (χ1v) is 7.41. The van der Waals surface area contributed by atoms with Crippen molar-refractivity contribution in [2.24, 2.45) is 0 Å². The highest BCUT2D eigenvalue weighted by molar-refractivity contribution is 6.42. The second kappa shape index (κ2) is 5.62. The number of halogens is 2. The summed E-state index contributed by atoms with van der Waals surface area (Å²) < 4.78 is 0. The van der Waals surface area contributed by atoms with Crippen LogP contribution in [0.25, 0.3) is 0 Å². The Morgan fingerprint density at radius 2 is 2.14 bits per heavy atom. The molecule has 0 saturated carbocycles. The molecule has 1 atom stereocenters. The third-order valence-electron chi connectivity index (χ3n) is 3.68. The van der Waals surface area contributed by atoms with Gasteiger partial charge in [-0.1, -0.05) is 42.3 Å². The van der Waals surface area contributed by atoms with E-state index in [1.54, 1.807) is 24.4 Å². The van der Waals surface area contributed by atoms with Gasteiger partial charge < -0.3 is 5.32 Å². The summed E-state index contributed by atoms with van der Waals surface area (Å²) in [6.45, 7) is 1.85. The molecule has 1 aromatic heterocycles. The van der Waals surface area contributed by atoms with E-state index < -0.39 is 5.92 Å². The lowest BCUT2D eigenvalue weighted by Gasteiger charge is -2.24. The van der Waals surface area contributed by atoms with E-state index in [1.165, 1.54) is 0 Å². The molecule has 1 aliphatic heterocycles. The Hall–Kier alpha value is -2.05. The summed E-state index contributed by atoms with van der Waals surface area (Å²) in [5.41, 5.74) is 1.87. The molecule has 1 unspecified atom stereocenters. The summed E-state index contributed by atoms with van der Waals surface area (Å²) in [4.78, 5) is 11.3. The first-order valence-electron chi connectivity index (χ1n) is 6.66. The summed E-state index contributed by atoms with van der Waals surface area (Å²) in [6, 6.07) is 5.13. The molecule has 0 radical (unpaired) electrons. The molecular weight excluding hydrogens is 327 g/mol. The van der Waals surface area contributed by atoms with E-state index >= 15 is 0 Å². The number of allylic oxidation sites excluding steroid dienone is 2. The topological polar surface area (TPSA) is 83.8 Å². The van der Waals surface area contributed by atoms with E-state index in [4.69, 9.17) is 23.2 Å². The molecule has 0 spiro atoms. The fourth-order valence-electron chi connectivity index (χ4n) is 2.69. The number of anilines is 1. The van der Waals surface area contributed by atoms with E-state index in [0.29, 0.717) is 39.1 Å². The van der Waals surface area contributed by atoms with Crippen molar-refractivity contribution in [3.63, 3.8) is 0 Å². The van der Waals surface area contributed by atoms with Gasteiger partial charge in [0.15, 0.2) is 0 Å². The summed E-state index contributed by atoms with van der Waals surface area (Å²) in [6.07, 6.45) is 2.06. The zero-order valence-corrected chi connectivity index (χ0v) is 13.1. The SMILES string of the molecule is CCC1=C([N+](=O)[O-])C(c2cccc(Cl)c2Cl)c2cn[nH]c2N1. The molecule has 2 heterocycles. The molecule has 0 saturated heterocycles. The van der Waals surface area contributed by atoms with Crippen LogP contribution in [0.15, 0.2) is 35.8 Å². The van der Waals surface area contributed by atoms with Crippen molar-refractivity contribution in [3.8, 4) is 0 Å². The second-order valence-electron chi connectivity index (χ2n) is 4.88. The maximum atomic E-state index is 11.6. The van der Waals surface area contributed by atoms with Crippen LogP contribution in [0.5, 0.6) is 0 Å². The molecule has 8 heteroatoms. The maximum absolute atomic E-state index is 11.6. The number of benzene rings is 1. The second-order valence-corrected chi connectivity index (χ2v) is 5.66. The number of H-pyrrole nitrogens is 1. The monoisotopic (exact) mass is 338 g/mol. The number of nitrogens with one attached hydrogen (secondary N) is 2. The molecule has 3 rings (SSSR count). The molecule has 0 bridgehead atoms. The summed E-state index contributed by atoms with van der Waals surface area (Å²) >= 11 is 12.4. The smallest absolute Gasteiger partial charge is 0.277 e. The molecule has 0 fully saturated rings. The van der Waals surface area contributed by atoms with Gasteiger partial charge in [0.2, 0.25) is 0 Å². The van der Waals surface area contributed by atoms with Crippen molar-refractivity contribution in [2.45, 2.75) is 19.3 Å². The number of nitro groups is 1. The van der Waals surface area contributed by atoms with Crippen LogP contribution in [0.1, 0.15) is 30.4 Å². The molecule has 1 aromatic carbocycles. The van der Waals surface area contributed by atoms with Gasteiger partial charge >= 0.3 is 0 Å². The van der Waals surface area contributed by atoms with E-state index in [1.807, 2.05) is 6.92 Å². The first kappa shape index (κ1) is 14.9. The maximum Gasteiger partial charge on any atom is 0.277 e. The van der Waals surface area contributed by atoms with E-state index in [-0.39, 0.29) is 10.6 Å². The fraction of sp³-hybridized carbons (Fsp3) is 0.214. The van der Waals surface area contributed by atoms with Crippen LogP contribution in [0.2, 0.25) is 10.0 Å². The van der Waals surface area contributed by atoms with Crippen molar-refractivity contribution in [2.75, 3.05) is 5.32 Å². The number of nitrogens with zero attached hydrogens (tertiary/aromatic N) is 2. The van der Waals surface area contributed by atoms with Crippen LogP contribution in [-0.2, 0) is 0 Å². The van der Waals surface area contributed by atoms with Crippen molar-refractivity contribution >= 4 is 29.0 Å². The van der Waals surface area contributed by atoms with Gasteiger partial charge in [0.05, 0.1) is 26.9 Å². The Morgan fingerprint density at radius 1 is 1.36 bits per heavy atom. The highest BCUT2D eigenvalue weighted by Gasteiger charge is 2.39. The molecule has 0 amide bonds. The Bertz CT molecular complexity index is 785. The zero-order valence-electron chi connectivity index (χ0n) is 11.6. The Kier molecular flexibility index (Phi) is 3.80. The summed E-state index contributed by atoms with van der Waals surface area (Å²) in [5.74, 6) is 0.0228. The van der Waals surface area contributed by atoms with Gasteiger partial charge in [-0.15, -0.1) is 0 Å². The number of aromatic amines is 1. The Morgan fingerprint density at radius 3 is 2.82 bits per heavy atom. The van der Waals surface area contributed by atoms with Crippen LogP contribution in [0.4, 0.5) is 5.82 Å². The van der Waals surface area contributed by atoms with E-state index in [2.05, 4.69) is 15.5 Å². The number of aromatic nitrogens is 2.